The van der Waals surface area contributed by atoms with Gasteiger partial charge in [0, 0.05) is 56.4 Å². The second-order valence-corrected chi connectivity index (χ2v) is 5.90. The fourth-order valence-electron chi connectivity index (χ4n) is 2.78. The van der Waals surface area contributed by atoms with E-state index in [1.54, 1.807) is 11.3 Å². The molecule has 4 nitrogen and oxygen atoms in total. The molecule has 0 amide bonds. The van der Waals surface area contributed by atoms with Crippen molar-refractivity contribution in [2.24, 2.45) is 0 Å². The van der Waals surface area contributed by atoms with Crippen molar-refractivity contribution in [3.8, 4) is 0 Å². The molecule has 1 unspecified atom stereocenters. The van der Waals surface area contributed by atoms with E-state index in [1.807, 2.05) is 11.7 Å². The lowest BCUT2D eigenvalue weighted by Gasteiger charge is -2.37. The zero-order chi connectivity index (χ0) is 11.5. The third kappa shape index (κ3) is 3.42. The van der Waals surface area contributed by atoms with Gasteiger partial charge in [0.2, 0.25) is 0 Å². The Labute approximate surface area is 119 Å². The van der Waals surface area contributed by atoms with Gasteiger partial charge in [0.1, 0.15) is 0 Å². The minimum atomic E-state index is 0. The van der Waals surface area contributed by atoms with Gasteiger partial charge >= 0.3 is 0 Å². The molecule has 0 radical (unpaired) electrons. The van der Waals surface area contributed by atoms with Crippen molar-refractivity contribution in [2.75, 3.05) is 39.3 Å². The van der Waals surface area contributed by atoms with Crippen LogP contribution in [0, 0.1) is 0 Å². The normalized spacial score (nSPS) is 26.1. The van der Waals surface area contributed by atoms with Crippen molar-refractivity contribution in [1.29, 1.82) is 0 Å². The second-order valence-electron chi connectivity index (χ2n) is 4.93. The largest absolute Gasteiger partial charge is 0.315 e. The van der Waals surface area contributed by atoms with Crippen molar-refractivity contribution < 1.29 is 0 Å². The summed E-state index contributed by atoms with van der Waals surface area (Å²) in [7, 11) is 0. The molecule has 18 heavy (non-hydrogen) atoms. The standard InChI is InChI=1S/C12H20N4S.ClH/c1-2-13-7-11(1)16-5-3-15(4-6-16)9-12-8-14-10-17-12;/h8,10-11,13H,1-7,9H2;1H. The molecule has 0 aliphatic carbocycles. The minimum absolute atomic E-state index is 0. The first-order valence-corrected chi connectivity index (χ1v) is 7.34. The fraction of sp³-hybridized carbons (Fsp3) is 0.750. The van der Waals surface area contributed by atoms with Gasteiger partial charge in [-0.25, -0.2) is 0 Å². The van der Waals surface area contributed by atoms with Gasteiger partial charge in [-0.15, -0.1) is 23.7 Å². The topological polar surface area (TPSA) is 31.4 Å². The van der Waals surface area contributed by atoms with E-state index >= 15 is 0 Å². The zero-order valence-corrected chi connectivity index (χ0v) is 12.2. The number of hydrogen-bond acceptors (Lipinski definition) is 5. The van der Waals surface area contributed by atoms with Crippen LogP contribution in [-0.2, 0) is 6.54 Å². The van der Waals surface area contributed by atoms with Crippen LogP contribution in [0.25, 0.3) is 0 Å². The quantitative estimate of drug-likeness (QED) is 0.901. The molecule has 0 aromatic carbocycles. The SMILES string of the molecule is Cl.c1ncc(CN2CCN(C3CCNC3)CC2)s1. The van der Waals surface area contributed by atoms with Crippen LogP contribution in [0.15, 0.2) is 11.7 Å². The van der Waals surface area contributed by atoms with Gasteiger partial charge in [0.15, 0.2) is 0 Å². The Kier molecular flexibility index (Phi) is 5.38. The Morgan fingerprint density at radius 2 is 2.17 bits per heavy atom. The molecule has 0 spiro atoms. The number of piperazine rings is 1. The Balaban J connectivity index is 0.00000120. The van der Waals surface area contributed by atoms with E-state index in [0.29, 0.717) is 0 Å². The number of hydrogen-bond donors (Lipinski definition) is 1. The predicted molar refractivity (Wildman–Crippen MR) is 77.5 cm³/mol. The molecule has 2 aliphatic heterocycles. The molecule has 1 atom stereocenters. The molecular formula is C12H21ClN4S. The first-order chi connectivity index (χ1) is 8.42. The summed E-state index contributed by atoms with van der Waals surface area (Å²) in [6, 6.07) is 0.792. The molecule has 1 aromatic heterocycles. The maximum atomic E-state index is 4.14. The number of aromatic nitrogens is 1. The number of rotatable bonds is 3. The highest BCUT2D eigenvalue weighted by atomic mass is 35.5. The lowest BCUT2D eigenvalue weighted by Crippen LogP contribution is -2.50. The number of nitrogens with one attached hydrogen (secondary N) is 1. The van der Waals surface area contributed by atoms with Crippen LogP contribution in [0.2, 0.25) is 0 Å². The molecule has 3 rings (SSSR count). The van der Waals surface area contributed by atoms with Crippen LogP contribution in [0.3, 0.4) is 0 Å². The average molecular weight is 289 g/mol. The summed E-state index contributed by atoms with van der Waals surface area (Å²) in [5, 5.41) is 3.46. The van der Waals surface area contributed by atoms with E-state index in [-0.39, 0.29) is 12.4 Å². The maximum Gasteiger partial charge on any atom is 0.0794 e. The molecular weight excluding hydrogens is 268 g/mol. The first kappa shape index (κ1) is 14.2. The lowest BCUT2D eigenvalue weighted by molar-refractivity contribution is 0.0987. The van der Waals surface area contributed by atoms with E-state index < -0.39 is 0 Å². The molecule has 2 aliphatic rings. The van der Waals surface area contributed by atoms with E-state index in [1.165, 1.54) is 50.6 Å². The van der Waals surface area contributed by atoms with Crippen LogP contribution in [0.4, 0.5) is 0 Å². The summed E-state index contributed by atoms with van der Waals surface area (Å²) in [4.78, 5) is 10.7. The highest BCUT2D eigenvalue weighted by Gasteiger charge is 2.25. The smallest absolute Gasteiger partial charge is 0.0794 e. The van der Waals surface area contributed by atoms with Gasteiger partial charge in [-0.2, -0.15) is 0 Å². The van der Waals surface area contributed by atoms with Gasteiger partial charge in [0.05, 0.1) is 5.51 Å². The lowest BCUT2D eigenvalue weighted by atomic mass is 10.2. The van der Waals surface area contributed by atoms with E-state index in [0.717, 1.165) is 12.6 Å². The molecule has 2 saturated heterocycles. The van der Waals surface area contributed by atoms with Gasteiger partial charge in [-0.3, -0.25) is 14.8 Å². The number of halogens is 1. The van der Waals surface area contributed by atoms with Gasteiger partial charge in [0.25, 0.3) is 0 Å². The highest BCUT2D eigenvalue weighted by Crippen LogP contribution is 2.15. The predicted octanol–water partition coefficient (Wildman–Crippen LogP) is 1.04. The summed E-state index contributed by atoms with van der Waals surface area (Å²) >= 11 is 1.77. The highest BCUT2D eigenvalue weighted by molar-refractivity contribution is 7.09. The molecule has 102 valence electrons. The average Bonchev–Trinajstić information content (AvgIpc) is 3.01. The molecule has 1 N–H and O–H groups in total. The Morgan fingerprint density at radius 3 is 2.78 bits per heavy atom. The summed E-state index contributed by atoms with van der Waals surface area (Å²) in [5.74, 6) is 0. The molecule has 0 bridgehead atoms. The molecule has 3 heterocycles. The van der Waals surface area contributed by atoms with Crippen molar-refractivity contribution in [3.05, 3.63) is 16.6 Å². The summed E-state index contributed by atoms with van der Waals surface area (Å²) in [6.07, 6.45) is 3.33. The molecule has 0 saturated carbocycles. The van der Waals surface area contributed by atoms with Crippen molar-refractivity contribution in [1.82, 2.24) is 20.1 Å². The minimum Gasteiger partial charge on any atom is -0.315 e. The Hall–Kier alpha value is -0.200. The van der Waals surface area contributed by atoms with Crippen LogP contribution in [-0.4, -0.2) is 60.1 Å². The number of thiazole rings is 1. The third-order valence-electron chi connectivity index (χ3n) is 3.82. The van der Waals surface area contributed by atoms with Gasteiger partial charge in [-0.1, -0.05) is 0 Å². The Morgan fingerprint density at radius 1 is 1.33 bits per heavy atom. The monoisotopic (exact) mass is 288 g/mol. The van der Waals surface area contributed by atoms with Gasteiger partial charge < -0.3 is 5.32 Å². The van der Waals surface area contributed by atoms with Crippen LogP contribution >= 0.6 is 23.7 Å². The van der Waals surface area contributed by atoms with Crippen LogP contribution in [0.5, 0.6) is 0 Å². The van der Waals surface area contributed by atoms with Crippen molar-refractivity contribution in [2.45, 2.75) is 19.0 Å². The van der Waals surface area contributed by atoms with E-state index in [4.69, 9.17) is 0 Å². The summed E-state index contributed by atoms with van der Waals surface area (Å²) in [5.41, 5.74) is 1.93. The summed E-state index contributed by atoms with van der Waals surface area (Å²) in [6.45, 7) is 8.33. The molecule has 1 aromatic rings. The van der Waals surface area contributed by atoms with Crippen molar-refractivity contribution >= 4 is 23.7 Å². The van der Waals surface area contributed by atoms with Crippen LogP contribution in [0.1, 0.15) is 11.3 Å². The maximum absolute atomic E-state index is 4.14. The summed E-state index contributed by atoms with van der Waals surface area (Å²) < 4.78 is 0. The van der Waals surface area contributed by atoms with Crippen LogP contribution < -0.4 is 5.32 Å². The zero-order valence-electron chi connectivity index (χ0n) is 10.5. The molecule has 6 heteroatoms. The van der Waals surface area contributed by atoms with Crippen molar-refractivity contribution in [3.63, 3.8) is 0 Å². The van der Waals surface area contributed by atoms with Gasteiger partial charge in [-0.05, 0) is 13.0 Å². The second kappa shape index (κ2) is 6.82. The number of nitrogens with zero attached hydrogens (tertiary/aromatic N) is 3. The first-order valence-electron chi connectivity index (χ1n) is 6.46. The Bertz CT molecular complexity index is 332. The van der Waals surface area contributed by atoms with E-state index in [2.05, 4.69) is 20.1 Å². The molecule has 2 fully saturated rings. The fourth-order valence-corrected chi connectivity index (χ4v) is 3.41. The van der Waals surface area contributed by atoms with E-state index in [9.17, 15) is 0 Å². The third-order valence-corrected chi connectivity index (χ3v) is 4.58.